The molecule has 6 heteroatoms. The van der Waals surface area contributed by atoms with E-state index < -0.39 is 12.0 Å². The number of esters is 1. The number of aromatic nitrogens is 1. The van der Waals surface area contributed by atoms with Crippen molar-refractivity contribution in [1.29, 1.82) is 0 Å². The monoisotopic (exact) mass is 327 g/mol. The van der Waals surface area contributed by atoms with Crippen molar-refractivity contribution in [2.75, 3.05) is 17.2 Å². The Hall–Kier alpha value is -2.89. The first-order valence-corrected chi connectivity index (χ1v) is 7.71. The third-order valence-electron chi connectivity index (χ3n) is 3.54. The van der Waals surface area contributed by atoms with Gasteiger partial charge in [0.05, 0.1) is 29.2 Å². The Bertz CT molecular complexity index is 772. The van der Waals surface area contributed by atoms with Gasteiger partial charge in [-0.05, 0) is 45.4 Å². The third kappa shape index (κ3) is 4.10. The van der Waals surface area contributed by atoms with Crippen LogP contribution in [0.4, 0.5) is 16.2 Å². The number of hydrogen-bond acceptors (Lipinski definition) is 4. The number of benzene rings is 1. The highest BCUT2D eigenvalue weighted by atomic mass is 16.5. The molecule has 24 heavy (non-hydrogen) atoms. The van der Waals surface area contributed by atoms with Gasteiger partial charge in [0.1, 0.15) is 0 Å². The number of urea groups is 1. The molecular weight excluding hydrogens is 306 g/mol. The third-order valence-corrected chi connectivity index (χ3v) is 3.54. The average molecular weight is 327 g/mol. The van der Waals surface area contributed by atoms with E-state index in [-0.39, 0.29) is 6.61 Å². The van der Waals surface area contributed by atoms with Crippen molar-refractivity contribution in [2.24, 2.45) is 0 Å². The van der Waals surface area contributed by atoms with Gasteiger partial charge in [-0.15, -0.1) is 0 Å². The minimum Gasteiger partial charge on any atom is -0.462 e. The quantitative estimate of drug-likeness (QED) is 0.836. The lowest BCUT2D eigenvalue weighted by Gasteiger charge is -2.13. The average Bonchev–Trinajstić information content (AvgIpc) is 2.52. The molecule has 126 valence electrons. The van der Waals surface area contributed by atoms with Crippen LogP contribution in [0.25, 0.3) is 0 Å². The lowest BCUT2D eigenvalue weighted by molar-refractivity contribution is 0.0525. The number of pyridine rings is 1. The highest BCUT2D eigenvalue weighted by Crippen LogP contribution is 2.19. The van der Waals surface area contributed by atoms with E-state index in [2.05, 4.69) is 15.6 Å². The van der Waals surface area contributed by atoms with Gasteiger partial charge in [0, 0.05) is 5.69 Å². The summed E-state index contributed by atoms with van der Waals surface area (Å²) in [5.41, 5.74) is 3.68. The molecule has 0 spiro atoms. The van der Waals surface area contributed by atoms with Gasteiger partial charge in [-0.3, -0.25) is 4.98 Å². The highest BCUT2D eigenvalue weighted by Gasteiger charge is 2.15. The molecule has 1 heterocycles. The molecule has 2 rings (SSSR count). The largest absolute Gasteiger partial charge is 0.462 e. The molecule has 0 radical (unpaired) electrons. The van der Waals surface area contributed by atoms with Crippen LogP contribution < -0.4 is 10.6 Å². The number of amides is 2. The van der Waals surface area contributed by atoms with Crippen LogP contribution in [-0.4, -0.2) is 23.6 Å². The second-order valence-corrected chi connectivity index (χ2v) is 5.37. The molecule has 0 saturated carbocycles. The number of hydrogen-bond donors (Lipinski definition) is 2. The van der Waals surface area contributed by atoms with Crippen LogP contribution in [0, 0.1) is 20.8 Å². The van der Waals surface area contributed by atoms with Gasteiger partial charge in [0.15, 0.2) is 0 Å². The van der Waals surface area contributed by atoms with Crippen LogP contribution in [0.3, 0.4) is 0 Å². The van der Waals surface area contributed by atoms with E-state index >= 15 is 0 Å². The Morgan fingerprint density at radius 1 is 1.04 bits per heavy atom. The first kappa shape index (κ1) is 17.5. The number of nitrogens with zero attached hydrogens (tertiary/aromatic N) is 1. The molecule has 0 saturated heterocycles. The second-order valence-electron chi connectivity index (χ2n) is 5.37. The highest BCUT2D eigenvalue weighted by molar-refractivity contribution is 6.01. The zero-order valence-corrected chi connectivity index (χ0v) is 14.3. The lowest BCUT2D eigenvalue weighted by atomic mass is 10.1. The van der Waals surface area contributed by atoms with E-state index in [1.54, 1.807) is 26.8 Å². The predicted molar refractivity (Wildman–Crippen MR) is 93.5 cm³/mol. The summed E-state index contributed by atoms with van der Waals surface area (Å²) in [6.45, 7) is 7.43. The summed E-state index contributed by atoms with van der Waals surface area (Å²) in [6.07, 6.45) is 0. The second kappa shape index (κ2) is 7.59. The molecule has 0 fully saturated rings. The molecule has 0 aliphatic heterocycles. The van der Waals surface area contributed by atoms with Crippen molar-refractivity contribution in [2.45, 2.75) is 27.7 Å². The molecule has 0 atom stereocenters. The maximum Gasteiger partial charge on any atom is 0.340 e. The number of rotatable bonds is 4. The van der Waals surface area contributed by atoms with E-state index in [1.165, 1.54) is 0 Å². The Labute approximate surface area is 141 Å². The van der Waals surface area contributed by atoms with E-state index in [9.17, 15) is 9.59 Å². The minimum atomic E-state index is -0.454. The molecule has 2 N–H and O–H groups in total. The van der Waals surface area contributed by atoms with Gasteiger partial charge in [-0.1, -0.05) is 18.2 Å². The summed E-state index contributed by atoms with van der Waals surface area (Å²) in [4.78, 5) is 28.5. The van der Waals surface area contributed by atoms with Crippen molar-refractivity contribution in [3.63, 3.8) is 0 Å². The van der Waals surface area contributed by atoms with Crippen molar-refractivity contribution >= 4 is 23.4 Å². The maximum atomic E-state index is 12.2. The topological polar surface area (TPSA) is 80.3 Å². The molecule has 1 aromatic heterocycles. The van der Waals surface area contributed by atoms with Crippen molar-refractivity contribution in [1.82, 2.24) is 4.98 Å². The lowest BCUT2D eigenvalue weighted by Crippen LogP contribution is -2.21. The molecule has 2 aromatic rings. The van der Waals surface area contributed by atoms with Crippen LogP contribution in [0.5, 0.6) is 0 Å². The Balaban J connectivity index is 2.19. The number of carbonyl (C=O) groups is 2. The standard InChI is InChI=1S/C18H21N3O3/c1-5-24-17(22)14-10-16(13(4)19-12(14)3)21-18(23)20-15-9-7-6-8-11(15)2/h6-10H,5H2,1-4H3,(H2,20,21,23). The Kier molecular flexibility index (Phi) is 5.52. The minimum absolute atomic E-state index is 0.280. The van der Waals surface area contributed by atoms with E-state index in [0.29, 0.717) is 22.6 Å². The molecule has 0 aliphatic rings. The summed E-state index contributed by atoms with van der Waals surface area (Å²) < 4.78 is 5.01. The van der Waals surface area contributed by atoms with E-state index in [4.69, 9.17) is 4.74 Å². The molecular formula is C18H21N3O3. The van der Waals surface area contributed by atoms with Crippen molar-refractivity contribution < 1.29 is 14.3 Å². The number of ether oxygens (including phenoxy) is 1. The number of para-hydroxylation sites is 1. The van der Waals surface area contributed by atoms with Gasteiger partial charge in [-0.2, -0.15) is 0 Å². The van der Waals surface area contributed by atoms with Gasteiger partial charge < -0.3 is 15.4 Å². The van der Waals surface area contributed by atoms with Gasteiger partial charge in [0.2, 0.25) is 0 Å². The fourth-order valence-electron chi connectivity index (χ4n) is 2.26. The van der Waals surface area contributed by atoms with Crippen LogP contribution in [0.2, 0.25) is 0 Å². The number of aryl methyl sites for hydroxylation is 3. The molecule has 0 bridgehead atoms. The molecule has 2 amide bonds. The van der Waals surface area contributed by atoms with Gasteiger partial charge in [0.25, 0.3) is 0 Å². The molecule has 0 unspecified atom stereocenters. The summed E-state index contributed by atoms with van der Waals surface area (Å²) in [7, 11) is 0. The zero-order valence-electron chi connectivity index (χ0n) is 14.3. The van der Waals surface area contributed by atoms with Gasteiger partial charge in [-0.25, -0.2) is 9.59 Å². The van der Waals surface area contributed by atoms with Crippen LogP contribution in [-0.2, 0) is 4.74 Å². The van der Waals surface area contributed by atoms with Crippen LogP contribution in [0.15, 0.2) is 30.3 Å². The predicted octanol–water partition coefficient (Wildman–Crippen LogP) is 3.83. The zero-order chi connectivity index (χ0) is 17.7. The van der Waals surface area contributed by atoms with Crippen LogP contribution >= 0.6 is 0 Å². The molecule has 6 nitrogen and oxygen atoms in total. The van der Waals surface area contributed by atoms with Crippen molar-refractivity contribution in [3.8, 4) is 0 Å². The van der Waals surface area contributed by atoms with Gasteiger partial charge >= 0.3 is 12.0 Å². The number of carbonyl (C=O) groups excluding carboxylic acids is 2. The van der Waals surface area contributed by atoms with Crippen molar-refractivity contribution in [3.05, 3.63) is 52.8 Å². The first-order valence-electron chi connectivity index (χ1n) is 7.71. The van der Waals surface area contributed by atoms with E-state index in [1.807, 2.05) is 31.2 Å². The normalized spacial score (nSPS) is 10.2. The fraction of sp³-hybridized carbons (Fsp3) is 0.278. The Morgan fingerprint density at radius 3 is 2.38 bits per heavy atom. The molecule has 1 aromatic carbocycles. The Morgan fingerprint density at radius 2 is 1.71 bits per heavy atom. The fourth-order valence-corrected chi connectivity index (χ4v) is 2.26. The van der Waals surface area contributed by atoms with E-state index in [0.717, 1.165) is 11.3 Å². The molecule has 0 aliphatic carbocycles. The smallest absolute Gasteiger partial charge is 0.340 e. The SMILES string of the molecule is CCOC(=O)c1cc(NC(=O)Nc2ccccc2C)c(C)nc1C. The number of nitrogens with one attached hydrogen (secondary N) is 2. The number of anilines is 2. The summed E-state index contributed by atoms with van der Waals surface area (Å²) >= 11 is 0. The van der Waals surface area contributed by atoms with Crippen LogP contribution in [0.1, 0.15) is 34.2 Å². The summed E-state index contributed by atoms with van der Waals surface area (Å²) in [5, 5.41) is 5.51. The summed E-state index contributed by atoms with van der Waals surface area (Å²) in [5.74, 6) is -0.454. The summed E-state index contributed by atoms with van der Waals surface area (Å²) in [6, 6.07) is 8.67. The maximum absolute atomic E-state index is 12.2. The first-order chi connectivity index (χ1) is 11.4.